The first-order valence-corrected chi connectivity index (χ1v) is 6.78. The second kappa shape index (κ2) is 6.37. The van der Waals surface area contributed by atoms with Crippen molar-refractivity contribution in [1.29, 1.82) is 0 Å². The van der Waals surface area contributed by atoms with Crippen LogP contribution in [0.3, 0.4) is 0 Å². The fourth-order valence-corrected chi connectivity index (χ4v) is 2.28. The van der Waals surface area contributed by atoms with E-state index in [1.165, 1.54) is 0 Å². The number of aryl methyl sites for hydroxylation is 1. The molecule has 2 rings (SSSR count). The predicted molar refractivity (Wildman–Crippen MR) is 74.5 cm³/mol. The molecular formula is C15H23NO3. The van der Waals surface area contributed by atoms with Crippen molar-refractivity contribution in [2.75, 3.05) is 33.4 Å². The molecule has 1 aliphatic rings. The number of rotatable bonds is 4. The van der Waals surface area contributed by atoms with Gasteiger partial charge in [0.1, 0.15) is 18.5 Å². The van der Waals surface area contributed by atoms with Crippen molar-refractivity contribution in [3.05, 3.63) is 29.3 Å². The van der Waals surface area contributed by atoms with Crippen LogP contribution in [0.2, 0.25) is 0 Å². The number of likely N-dealkylation sites (N-methyl/N-ethyl adjacent to an activating group) is 1. The lowest BCUT2D eigenvalue weighted by Crippen LogP contribution is -2.42. The number of nitrogens with zero attached hydrogens (tertiary/aromatic N) is 1. The van der Waals surface area contributed by atoms with Gasteiger partial charge in [-0.2, -0.15) is 0 Å². The minimum atomic E-state index is -0.523. The normalized spacial score (nSPS) is 22.2. The van der Waals surface area contributed by atoms with Crippen LogP contribution in [0, 0.1) is 6.92 Å². The molecule has 2 atom stereocenters. The van der Waals surface area contributed by atoms with Crippen molar-refractivity contribution in [1.82, 2.24) is 4.90 Å². The molecule has 0 amide bonds. The lowest BCUT2D eigenvalue weighted by atomic mass is 10.1. The lowest BCUT2D eigenvalue weighted by Gasteiger charge is -2.30. The van der Waals surface area contributed by atoms with Gasteiger partial charge in [-0.05, 0) is 33.0 Å². The number of aliphatic hydroxyl groups is 1. The summed E-state index contributed by atoms with van der Waals surface area (Å²) in [4.78, 5) is 2.24. The summed E-state index contributed by atoms with van der Waals surface area (Å²) in [6, 6.07) is 5.88. The summed E-state index contributed by atoms with van der Waals surface area (Å²) in [5, 5.41) is 9.79. The van der Waals surface area contributed by atoms with Crippen LogP contribution in [-0.4, -0.2) is 49.5 Å². The third-order valence-corrected chi connectivity index (χ3v) is 3.38. The molecular weight excluding hydrogens is 242 g/mol. The van der Waals surface area contributed by atoms with Crippen molar-refractivity contribution in [2.24, 2.45) is 0 Å². The molecule has 19 heavy (non-hydrogen) atoms. The van der Waals surface area contributed by atoms with Gasteiger partial charge in [-0.3, -0.25) is 0 Å². The Kier molecular flexibility index (Phi) is 4.80. The van der Waals surface area contributed by atoms with E-state index in [9.17, 15) is 5.11 Å². The van der Waals surface area contributed by atoms with E-state index in [-0.39, 0.29) is 6.10 Å². The van der Waals surface area contributed by atoms with Gasteiger partial charge in [-0.25, -0.2) is 0 Å². The fourth-order valence-electron chi connectivity index (χ4n) is 2.28. The van der Waals surface area contributed by atoms with Gasteiger partial charge in [0, 0.05) is 18.7 Å². The second-order valence-electron chi connectivity index (χ2n) is 5.28. The highest BCUT2D eigenvalue weighted by Crippen LogP contribution is 2.26. The average Bonchev–Trinajstić information content (AvgIpc) is 2.37. The van der Waals surface area contributed by atoms with E-state index < -0.39 is 6.10 Å². The highest BCUT2D eigenvalue weighted by atomic mass is 16.5. The third kappa shape index (κ3) is 3.93. The standard InChI is InChI=1S/C15H23NO3/c1-11-4-5-15(14(8-11)12(2)17)19-10-13-9-16(3)6-7-18-13/h4-5,8,12-13,17H,6-7,9-10H2,1-3H3/t12-,13?/m1/s1. The van der Waals surface area contributed by atoms with E-state index in [0.29, 0.717) is 6.61 Å². The summed E-state index contributed by atoms with van der Waals surface area (Å²) in [5.74, 6) is 0.748. The second-order valence-corrected chi connectivity index (χ2v) is 5.28. The van der Waals surface area contributed by atoms with Gasteiger partial charge >= 0.3 is 0 Å². The van der Waals surface area contributed by atoms with Crippen LogP contribution < -0.4 is 4.74 Å². The maximum Gasteiger partial charge on any atom is 0.125 e. The summed E-state index contributed by atoms with van der Waals surface area (Å²) in [7, 11) is 2.09. The molecule has 0 radical (unpaired) electrons. The third-order valence-electron chi connectivity index (χ3n) is 3.38. The van der Waals surface area contributed by atoms with Crippen molar-refractivity contribution in [3.63, 3.8) is 0 Å². The number of ether oxygens (including phenoxy) is 2. The van der Waals surface area contributed by atoms with Gasteiger partial charge in [0.15, 0.2) is 0 Å². The minimum Gasteiger partial charge on any atom is -0.490 e. The Balaban J connectivity index is 1.99. The van der Waals surface area contributed by atoms with Crippen LogP contribution in [0.5, 0.6) is 5.75 Å². The molecule has 0 aromatic heterocycles. The highest BCUT2D eigenvalue weighted by Gasteiger charge is 2.19. The molecule has 1 saturated heterocycles. The molecule has 1 N–H and O–H groups in total. The first-order valence-electron chi connectivity index (χ1n) is 6.78. The maximum absolute atomic E-state index is 9.79. The van der Waals surface area contributed by atoms with E-state index in [1.807, 2.05) is 25.1 Å². The monoisotopic (exact) mass is 265 g/mol. The Labute approximate surface area is 114 Å². The van der Waals surface area contributed by atoms with Crippen LogP contribution in [-0.2, 0) is 4.74 Å². The summed E-state index contributed by atoms with van der Waals surface area (Å²) in [6.45, 7) is 6.89. The van der Waals surface area contributed by atoms with Crippen molar-refractivity contribution in [3.8, 4) is 5.75 Å². The first-order chi connectivity index (χ1) is 9.06. The molecule has 1 unspecified atom stereocenters. The van der Waals surface area contributed by atoms with Crippen LogP contribution >= 0.6 is 0 Å². The van der Waals surface area contributed by atoms with E-state index in [2.05, 4.69) is 11.9 Å². The zero-order valence-electron chi connectivity index (χ0n) is 11.9. The summed E-state index contributed by atoms with van der Waals surface area (Å²) in [5.41, 5.74) is 1.96. The van der Waals surface area contributed by atoms with Gasteiger partial charge in [0.05, 0.1) is 12.7 Å². The Hall–Kier alpha value is -1.10. The molecule has 1 aliphatic heterocycles. The number of hydrogen-bond donors (Lipinski definition) is 1. The molecule has 0 spiro atoms. The Morgan fingerprint density at radius 1 is 1.53 bits per heavy atom. The van der Waals surface area contributed by atoms with E-state index in [1.54, 1.807) is 6.92 Å². The molecule has 4 nitrogen and oxygen atoms in total. The number of morpholine rings is 1. The summed E-state index contributed by atoms with van der Waals surface area (Å²) in [6.07, 6.45) is -0.424. The van der Waals surface area contributed by atoms with Gasteiger partial charge in [0.25, 0.3) is 0 Å². The maximum atomic E-state index is 9.79. The number of benzene rings is 1. The molecule has 1 aromatic rings. The van der Waals surface area contributed by atoms with Gasteiger partial charge in [0.2, 0.25) is 0 Å². The molecule has 1 heterocycles. The highest BCUT2D eigenvalue weighted by molar-refractivity contribution is 5.38. The fraction of sp³-hybridized carbons (Fsp3) is 0.600. The molecule has 1 fully saturated rings. The van der Waals surface area contributed by atoms with Gasteiger partial charge in [-0.1, -0.05) is 11.6 Å². The zero-order chi connectivity index (χ0) is 13.8. The summed E-state index contributed by atoms with van der Waals surface area (Å²) >= 11 is 0. The Bertz CT molecular complexity index is 420. The molecule has 4 heteroatoms. The van der Waals surface area contributed by atoms with Crippen LogP contribution in [0.25, 0.3) is 0 Å². The Morgan fingerprint density at radius 2 is 2.32 bits per heavy atom. The lowest BCUT2D eigenvalue weighted by molar-refractivity contribution is -0.0407. The van der Waals surface area contributed by atoms with Crippen LogP contribution in [0.4, 0.5) is 0 Å². The van der Waals surface area contributed by atoms with E-state index in [0.717, 1.165) is 36.6 Å². The quantitative estimate of drug-likeness (QED) is 0.900. The Morgan fingerprint density at radius 3 is 3.00 bits per heavy atom. The minimum absolute atomic E-state index is 0.0990. The van der Waals surface area contributed by atoms with Crippen LogP contribution in [0.1, 0.15) is 24.2 Å². The van der Waals surface area contributed by atoms with Crippen molar-refractivity contribution >= 4 is 0 Å². The van der Waals surface area contributed by atoms with E-state index >= 15 is 0 Å². The molecule has 1 aromatic carbocycles. The topological polar surface area (TPSA) is 41.9 Å². The number of hydrogen-bond acceptors (Lipinski definition) is 4. The SMILES string of the molecule is Cc1ccc(OCC2CN(C)CCO2)c([C@@H](C)O)c1. The largest absolute Gasteiger partial charge is 0.490 e. The van der Waals surface area contributed by atoms with Gasteiger partial charge < -0.3 is 19.5 Å². The van der Waals surface area contributed by atoms with Gasteiger partial charge in [-0.15, -0.1) is 0 Å². The molecule has 106 valence electrons. The van der Waals surface area contributed by atoms with E-state index in [4.69, 9.17) is 9.47 Å². The van der Waals surface area contributed by atoms with Crippen molar-refractivity contribution < 1.29 is 14.6 Å². The predicted octanol–water partition coefficient (Wildman–Crippen LogP) is 1.76. The van der Waals surface area contributed by atoms with Crippen LogP contribution in [0.15, 0.2) is 18.2 Å². The zero-order valence-corrected chi connectivity index (χ0v) is 11.9. The average molecular weight is 265 g/mol. The number of aliphatic hydroxyl groups excluding tert-OH is 1. The summed E-state index contributed by atoms with van der Waals surface area (Å²) < 4.78 is 11.5. The first kappa shape index (κ1) is 14.3. The van der Waals surface area contributed by atoms with Crippen molar-refractivity contribution in [2.45, 2.75) is 26.1 Å². The molecule has 0 aliphatic carbocycles. The molecule has 0 bridgehead atoms. The smallest absolute Gasteiger partial charge is 0.125 e. The molecule has 0 saturated carbocycles.